The van der Waals surface area contributed by atoms with Crippen molar-refractivity contribution in [3.8, 4) is 5.75 Å². The van der Waals surface area contributed by atoms with Gasteiger partial charge in [0.1, 0.15) is 11.4 Å². The summed E-state index contributed by atoms with van der Waals surface area (Å²) in [5.41, 5.74) is 12.6. The highest BCUT2D eigenvalue weighted by Crippen LogP contribution is 2.24. The van der Waals surface area contributed by atoms with Gasteiger partial charge in [0.05, 0.1) is 31.2 Å². The van der Waals surface area contributed by atoms with E-state index in [1.807, 2.05) is 70.3 Å². The lowest BCUT2D eigenvalue weighted by atomic mass is 9.88. The summed E-state index contributed by atoms with van der Waals surface area (Å²) in [5.74, 6) is -7.21. The number of fused-ring (bicyclic) bond motifs is 1. The fourth-order valence-electron chi connectivity index (χ4n) is 9.84. The van der Waals surface area contributed by atoms with Gasteiger partial charge >= 0.3 is 0 Å². The number of benzene rings is 3. The number of ether oxygens (including phenoxy) is 1. The molecule has 1 fully saturated rings. The van der Waals surface area contributed by atoms with E-state index in [0.717, 1.165) is 22.9 Å². The Kier molecular flexibility index (Phi) is 29.1. The number of nitrogens with zero attached hydrogens (tertiary/aromatic N) is 3. The SMILES string of the molecule is CN=C(N)NCCC[C@H](NC(=O)[C@H]1CCC(=O)NCC(=O)N[C@@H](Cc2ccc(OC(C)(C)C)cc2)C(=O)C[C@@H](CCCCN(C)C(C)C)C(=O)N[C@H](CCCNC(N)=NC)C(=O)C[C@@H](Cc2ccc3ccccc3c2)C(=O)NCC(=O)C1)C(C)=O. The quantitative estimate of drug-likeness (QED) is 0.0393. The lowest BCUT2D eigenvalue weighted by Gasteiger charge is -2.26. The van der Waals surface area contributed by atoms with Crippen LogP contribution in [-0.2, 0) is 56.0 Å². The molecule has 1 saturated heterocycles. The molecule has 1 heterocycles. The second kappa shape index (κ2) is 35.5. The van der Waals surface area contributed by atoms with E-state index in [-0.39, 0.29) is 81.5 Å². The molecule has 4 rings (SSSR count). The van der Waals surface area contributed by atoms with Gasteiger partial charge in [-0.3, -0.25) is 53.1 Å². The highest BCUT2D eigenvalue weighted by molar-refractivity contribution is 5.97. The number of carbonyl (C=O) groups excluding carboxylic acids is 9. The highest BCUT2D eigenvalue weighted by atomic mass is 16.5. The maximum Gasteiger partial charge on any atom is 0.239 e. The number of hydrogen-bond donors (Lipinski definition) is 9. The number of ketones is 4. The maximum absolute atomic E-state index is 14.9. The number of hydrogen-bond acceptors (Lipinski definition) is 13. The van der Waals surface area contributed by atoms with Crippen molar-refractivity contribution in [2.45, 2.75) is 161 Å². The number of Topliss-reactive ketones (excluding diaryl/α,β-unsaturated/α-hetero) is 4. The third-order valence-electron chi connectivity index (χ3n) is 15.1. The van der Waals surface area contributed by atoms with Crippen LogP contribution in [0.4, 0.5) is 0 Å². The van der Waals surface area contributed by atoms with E-state index in [2.05, 4.69) is 65.9 Å². The molecule has 0 spiro atoms. The zero-order valence-corrected chi connectivity index (χ0v) is 51.4. The van der Waals surface area contributed by atoms with Crippen molar-refractivity contribution in [1.82, 2.24) is 42.1 Å². The van der Waals surface area contributed by atoms with Crippen LogP contribution in [0.15, 0.2) is 76.7 Å². The molecule has 0 aliphatic carbocycles. The van der Waals surface area contributed by atoms with Crippen LogP contribution in [0.2, 0.25) is 0 Å². The van der Waals surface area contributed by atoms with Gasteiger partial charge in [-0.25, -0.2) is 0 Å². The first-order valence-electron chi connectivity index (χ1n) is 29.7. The van der Waals surface area contributed by atoms with Crippen molar-refractivity contribution in [1.29, 1.82) is 0 Å². The van der Waals surface area contributed by atoms with Gasteiger partial charge in [-0.05, 0) is 147 Å². The van der Waals surface area contributed by atoms with Gasteiger partial charge in [0, 0.05) is 76.7 Å². The van der Waals surface area contributed by atoms with Crippen molar-refractivity contribution >= 4 is 75.4 Å². The van der Waals surface area contributed by atoms with Gasteiger partial charge < -0.3 is 58.3 Å². The molecule has 466 valence electrons. The van der Waals surface area contributed by atoms with Crippen molar-refractivity contribution in [2.24, 2.45) is 39.2 Å². The Morgan fingerprint density at radius 3 is 1.99 bits per heavy atom. The van der Waals surface area contributed by atoms with E-state index in [1.165, 1.54) is 21.0 Å². The number of guanidine groups is 2. The van der Waals surface area contributed by atoms with Crippen LogP contribution in [0.5, 0.6) is 5.75 Å². The number of rotatable bonds is 22. The third kappa shape index (κ3) is 26.0. The summed E-state index contributed by atoms with van der Waals surface area (Å²) in [6.45, 7) is 11.5. The molecule has 0 unspecified atom stereocenters. The predicted octanol–water partition coefficient (Wildman–Crippen LogP) is 3.74. The topological polar surface area (TPSA) is 327 Å². The summed E-state index contributed by atoms with van der Waals surface area (Å²) in [5, 5.41) is 21.6. The van der Waals surface area contributed by atoms with Gasteiger partial charge in [-0.15, -0.1) is 0 Å². The van der Waals surface area contributed by atoms with Gasteiger partial charge in [0.2, 0.25) is 29.5 Å². The summed E-state index contributed by atoms with van der Waals surface area (Å²) >= 11 is 0. The normalized spacial score (nSPS) is 20.3. The molecule has 22 heteroatoms. The lowest BCUT2D eigenvalue weighted by molar-refractivity contribution is -0.135. The predicted molar refractivity (Wildman–Crippen MR) is 330 cm³/mol. The zero-order valence-electron chi connectivity index (χ0n) is 51.4. The van der Waals surface area contributed by atoms with Gasteiger partial charge in [-0.2, -0.15) is 0 Å². The Morgan fingerprint density at radius 1 is 0.706 bits per heavy atom. The van der Waals surface area contributed by atoms with Crippen LogP contribution in [0, 0.1) is 17.8 Å². The largest absolute Gasteiger partial charge is 0.488 e. The van der Waals surface area contributed by atoms with Gasteiger partial charge in [0.15, 0.2) is 35.1 Å². The van der Waals surface area contributed by atoms with Crippen LogP contribution in [-0.4, -0.2) is 153 Å². The monoisotopic (exact) mass is 1180 g/mol. The molecule has 1 aliphatic rings. The summed E-state index contributed by atoms with van der Waals surface area (Å²) < 4.78 is 6.03. The molecular weight excluding hydrogens is 1080 g/mol. The van der Waals surface area contributed by atoms with E-state index in [0.29, 0.717) is 50.1 Å². The molecule has 5 amide bonds. The number of carbonyl (C=O) groups is 9. The highest BCUT2D eigenvalue weighted by Gasteiger charge is 2.34. The fraction of sp³-hybridized carbons (Fsp3) is 0.571. The van der Waals surface area contributed by atoms with Crippen molar-refractivity contribution in [2.75, 3.05) is 53.9 Å². The summed E-state index contributed by atoms with van der Waals surface area (Å²) in [7, 11) is 5.05. The number of unbranched alkanes of at least 4 members (excludes halogenated alkanes) is 1. The van der Waals surface area contributed by atoms with Crippen LogP contribution in [0.25, 0.3) is 10.8 Å². The molecule has 3 aromatic carbocycles. The number of nitrogens with one attached hydrogen (secondary N) is 7. The van der Waals surface area contributed by atoms with E-state index in [9.17, 15) is 43.2 Å². The van der Waals surface area contributed by atoms with Crippen molar-refractivity contribution in [3.63, 3.8) is 0 Å². The first-order chi connectivity index (χ1) is 40.3. The van der Waals surface area contributed by atoms with E-state index in [1.54, 1.807) is 24.3 Å². The van der Waals surface area contributed by atoms with Crippen molar-refractivity contribution in [3.05, 3.63) is 77.9 Å². The minimum atomic E-state index is -1.17. The van der Waals surface area contributed by atoms with E-state index < -0.39 is 108 Å². The van der Waals surface area contributed by atoms with Gasteiger partial charge in [0.25, 0.3) is 0 Å². The molecule has 6 atom stereocenters. The molecule has 1 aliphatic heterocycles. The number of amides is 5. The van der Waals surface area contributed by atoms with Crippen LogP contribution in [0.1, 0.15) is 130 Å². The first-order valence-corrected chi connectivity index (χ1v) is 29.7. The van der Waals surface area contributed by atoms with Crippen LogP contribution < -0.4 is 53.4 Å². The standard InChI is InChI=1S/C63H94N12O10/c1-40(2)75(9)31-13-12-18-46-36-55(79)53(34-42-22-26-50(27-23-42)85-63(4,5)6)72-57(81)39-70-56(80)28-25-47(60(84)73-51(41(3)76)19-14-29-68-61(64)66-7)35-49(77)38-71-58(82)48(33-43-21-24-44-16-10-11-17-45(44)32-43)37-54(78)52(74-59(46)83)20-15-30-69-62(65)67-8/h10-11,16-17,21-24,26-27,32,40,46-48,51-53H,12-15,18-20,25,28-31,33-39H2,1-9H3,(H,70,80)(H,71,82)(H,72,81)(H,73,84)(H,74,83)(H3,64,66,68)(H3,65,67,69)/t46-,47+,48-,51+,52-,53+/m1/s1. The number of nitrogens with two attached hydrogens (primary N) is 2. The Labute approximate surface area is 501 Å². The van der Waals surface area contributed by atoms with Crippen LogP contribution >= 0.6 is 0 Å². The molecule has 85 heavy (non-hydrogen) atoms. The molecular formula is C63H94N12O10. The average molecular weight is 1180 g/mol. The summed E-state index contributed by atoms with van der Waals surface area (Å²) in [4.78, 5) is 138. The number of aliphatic imine (C=N–C) groups is 2. The molecule has 3 aromatic rings. The first kappa shape index (κ1) is 69.7. The second-order valence-corrected chi connectivity index (χ2v) is 23.4. The molecule has 0 bridgehead atoms. The zero-order chi connectivity index (χ0) is 62.6. The van der Waals surface area contributed by atoms with E-state index in [4.69, 9.17) is 16.2 Å². The molecule has 22 nitrogen and oxygen atoms in total. The molecule has 0 saturated carbocycles. The minimum absolute atomic E-state index is 0.0183. The average Bonchev–Trinajstić information content (AvgIpc) is 3.57. The summed E-state index contributed by atoms with van der Waals surface area (Å²) in [6, 6.07) is 17.5. The summed E-state index contributed by atoms with van der Waals surface area (Å²) in [6.07, 6.45) is 1.07. The van der Waals surface area contributed by atoms with E-state index >= 15 is 0 Å². The Balaban J connectivity index is 1.79. The Bertz CT molecular complexity index is 2800. The third-order valence-corrected chi connectivity index (χ3v) is 15.1. The molecule has 0 radical (unpaired) electrons. The smallest absolute Gasteiger partial charge is 0.239 e. The second-order valence-electron chi connectivity index (χ2n) is 23.4. The minimum Gasteiger partial charge on any atom is -0.488 e. The van der Waals surface area contributed by atoms with Gasteiger partial charge in [-0.1, -0.05) is 61.0 Å². The molecule has 11 N–H and O–H groups in total. The molecule has 0 aromatic heterocycles. The van der Waals surface area contributed by atoms with Crippen LogP contribution in [0.3, 0.4) is 0 Å². The Morgan fingerprint density at radius 2 is 1.34 bits per heavy atom. The fourth-order valence-corrected chi connectivity index (χ4v) is 9.84. The van der Waals surface area contributed by atoms with Crippen molar-refractivity contribution < 1.29 is 47.9 Å². The lowest BCUT2D eigenvalue weighted by Crippen LogP contribution is -2.49. The maximum atomic E-state index is 14.9. The Hall–Kier alpha value is -7.75.